The molecule has 0 saturated carbocycles. The Morgan fingerprint density at radius 1 is 1.09 bits per heavy atom. The van der Waals surface area contributed by atoms with Crippen molar-refractivity contribution in [2.24, 2.45) is 5.92 Å². The second-order valence-corrected chi connectivity index (χ2v) is 12.1. The van der Waals surface area contributed by atoms with Gasteiger partial charge in [0.25, 0.3) is 11.8 Å². The van der Waals surface area contributed by atoms with E-state index in [1.807, 2.05) is 36.4 Å². The third-order valence-electron chi connectivity index (χ3n) is 9.50. The van der Waals surface area contributed by atoms with Crippen molar-refractivity contribution in [3.05, 3.63) is 87.9 Å². The molecule has 230 valence electrons. The van der Waals surface area contributed by atoms with Crippen molar-refractivity contribution in [3.63, 3.8) is 0 Å². The summed E-state index contributed by atoms with van der Waals surface area (Å²) in [7, 11) is 3.25. The van der Waals surface area contributed by atoms with Crippen LogP contribution in [0.2, 0.25) is 0 Å². The number of amides is 2. The average molecular weight is 596 g/mol. The number of nitriles is 1. The number of hydrogen-bond donors (Lipinski definition) is 4. The summed E-state index contributed by atoms with van der Waals surface area (Å²) in [5.41, 5.74) is 5.30. The van der Waals surface area contributed by atoms with Crippen molar-refractivity contribution in [2.75, 3.05) is 20.6 Å². The Morgan fingerprint density at radius 2 is 1.68 bits per heavy atom. The van der Waals surface area contributed by atoms with Gasteiger partial charge < -0.3 is 20.9 Å². The highest BCUT2D eigenvalue weighted by Crippen LogP contribution is 2.47. The summed E-state index contributed by atoms with van der Waals surface area (Å²) < 4.78 is 0. The summed E-state index contributed by atoms with van der Waals surface area (Å²) in [4.78, 5) is 27.4. The van der Waals surface area contributed by atoms with E-state index in [2.05, 4.69) is 74.9 Å². The van der Waals surface area contributed by atoms with Gasteiger partial charge in [-0.3, -0.25) is 9.59 Å². The molecule has 3 aromatic rings. The number of nitrogens with one attached hydrogen (secondary N) is 4. The minimum absolute atomic E-state index is 0.0521. The molecule has 1 aromatic heterocycles. The van der Waals surface area contributed by atoms with E-state index in [-0.39, 0.29) is 29.9 Å². The second-order valence-electron chi connectivity index (χ2n) is 12.1. The molecule has 0 radical (unpaired) electrons. The fraction of sp³-hybridized carbons (Fsp3) is 0.455. The molecule has 2 aliphatic rings. The first-order valence-corrected chi connectivity index (χ1v) is 15.2. The zero-order chi connectivity index (χ0) is 31.6. The van der Waals surface area contributed by atoms with E-state index in [9.17, 15) is 14.9 Å². The van der Waals surface area contributed by atoms with Gasteiger partial charge in [0, 0.05) is 49.5 Å². The lowest BCUT2D eigenvalue weighted by Crippen LogP contribution is -2.43. The van der Waals surface area contributed by atoms with Crippen LogP contribution < -0.4 is 16.0 Å². The molecule has 2 heterocycles. The Labute approximate surface area is 258 Å². The van der Waals surface area contributed by atoms with Gasteiger partial charge in [0.05, 0.1) is 11.5 Å². The third-order valence-corrected chi connectivity index (χ3v) is 9.50. The standard InChI is InChI=1S/C33H41N9O2/c1-19-13-27(17-34)42(22(19)4)21(3)18-37-20(2)16-33(32-38-40-41-39-32)28-11-9-25(30(43)35-5)14-23(28)7-8-24-15-26(31(44)36-6)10-12-29(24)33/h9-12,14-15,19-20,22,27,37H,3,7-8,13,16,18H2,1-2,4-6H3,(H,35,43)(H,36,44)(H,38,39,40,41)/t19-,20-,22?,27?/m0/s1. The Hall–Kier alpha value is -4.56. The molecule has 4 N–H and O–H groups in total. The highest BCUT2D eigenvalue weighted by atomic mass is 16.2. The summed E-state index contributed by atoms with van der Waals surface area (Å²) in [6, 6.07) is 14.1. The van der Waals surface area contributed by atoms with Crippen molar-refractivity contribution in [1.29, 1.82) is 5.26 Å². The van der Waals surface area contributed by atoms with Gasteiger partial charge in [0.1, 0.15) is 6.04 Å². The van der Waals surface area contributed by atoms with Crippen LogP contribution in [0.5, 0.6) is 0 Å². The molecule has 44 heavy (non-hydrogen) atoms. The van der Waals surface area contributed by atoms with Gasteiger partial charge in [-0.15, -0.1) is 5.10 Å². The lowest BCUT2D eigenvalue weighted by Gasteiger charge is -2.37. The summed E-state index contributed by atoms with van der Waals surface area (Å²) in [6.45, 7) is 11.3. The number of H-pyrrole nitrogens is 1. The van der Waals surface area contributed by atoms with Crippen LogP contribution in [0.1, 0.15) is 82.4 Å². The molecule has 1 saturated heterocycles. The molecule has 4 atom stereocenters. The lowest BCUT2D eigenvalue weighted by atomic mass is 9.67. The predicted molar refractivity (Wildman–Crippen MR) is 167 cm³/mol. The topological polar surface area (TPSA) is 152 Å². The molecular formula is C33H41N9O2. The molecule has 1 aliphatic heterocycles. The summed E-state index contributed by atoms with van der Waals surface area (Å²) in [6.07, 6.45) is 2.75. The molecule has 2 amide bonds. The SMILES string of the molecule is C=C(CN[C@@H](C)CC1(c2nnn[nH]2)c2ccc(C(=O)NC)cc2CCc2cc(C(=O)NC)ccc21)N1C(C#N)C[C@H](C)C1C. The first-order valence-electron chi connectivity index (χ1n) is 15.2. The maximum Gasteiger partial charge on any atom is 0.251 e. The van der Waals surface area contributed by atoms with E-state index in [1.165, 1.54) is 0 Å². The number of hydrogen-bond acceptors (Lipinski definition) is 8. The minimum Gasteiger partial charge on any atom is -0.355 e. The molecular weight excluding hydrogens is 554 g/mol. The molecule has 11 heteroatoms. The van der Waals surface area contributed by atoms with Crippen LogP contribution in [0.3, 0.4) is 0 Å². The van der Waals surface area contributed by atoms with E-state index in [0.717, 1.165) is 34.4 Å². The molecule has 1 fully saturated rings. The Balaban J connectivity index is 1.58. The molecule has 2 unspecified atom stereocenters. The number of rotatable bonds is 9. The van der Waals surface area contributed by atoms with Crippen LogP contribution in [0.4, 0.5) is 0 Å². The number of benzene rings is 2. The maximum absolute atomic E-state index is 12.6. The van der Waals surface area contributed by atoms with Crippen LogP contribution in [0, 0.1) is 17.2 Å². The zero-order valence-corrected chi connectivity index (χ0v) is 26.1. The number of aromatic amines is 1. The number of carbonyl (C=O) groups excluding carboxylic acids is 2. The van der Waals surface area contributed by atoms with Crippen molar-refractivity contribution in [3.8, 4) is 6.07 Å². The van der Waals surface area contributed by atoms with Crippen LogP contribution in [0.25, 0.3) is 0 Å². The van der Waals surface area contributed by atoms with E-state index in [4.69, 9.17) is 0 Å². The van der Waals surface area contributed by atoms with Crippen molar-refractivity contribution in [2.45, 2.75) is 70.0 Å². The van der Waals surface area contributed by atoms with Gasteiger partial charge >= 0.3 is 0 Å². The number of aryl methyl sites for hydroxylation is 2. The van der Waals surface area contributed by atoms with Gasteiger partial charge in [0.15, 0.2) is 5.82 Å². The minimum atomic E-state index is -0.814. The number of likely N-dealkylation sites (tertiary alicyclic amines) is 1. The monoisotopic (exact) mass is 595 g/mol. The van der Waals surface area contributed by atoms with Gasteiger partial charge in [-0.25, -0.2) is 5.10 Å². The second kappa shape index (κ2) is 12.6. The maximum atomic E-state index is 12.6. The largest absolute Gasteiger partial charge is 0.355 e. The number of fused-ring (bicyclic) bond motifs is 2. The summed E-state index contributed by atoms with van der Waals surface area (Å²) >= 11 is 0. The van der Waals surface area contributed by atoms with E-state index >= 15 is 0 Å². The van der Waals surface area contributed by atoms with E-state index in [0.29, 0.717) is 48.7 Å². The summed E-state index contributed by atoms with van der Waals surface area (Å²) in [5, 5.41) is 34.4. The van der Waals surface area contributed by atoms with Crippen molar-refractivity contribution >= 4 is 11.8 Å². The van der Waals surface area contributed by atoms with Crippen molar-refractivity contribution in [1.82, 2.24) is 41.5 Å². The number of nitrogens with zero attached hydrogens (tertiary/aromatic N) is 5. The first kappa shape index (κ1) is 30.9. The Bertz CT molecular complexity index is 1530. The highest BCUT2D eigenvalue weighted by Gasteiger charge is 2.45. The highest BCUT2D eigenvalue weighted by molar-refractivity contribution is 5.95. The normalized spacial score (nSPS) is 20.9. The summed E-state index contributed by atoms with van der Waals surface area (Å²) in [5.74, 6) is 0.687. The van der Waals surface area contributed by atoms with E-state index < -0.39 is 5.41 Å². The molecule has 5 rings (SSSR count). The number of aromatic nitrogens is 4. The van der Waals surface area contributed by atoms with Crippen molar-refractivity contribution < 1.29 is 9.59 Å². The molecule has 0 spiro atoms. The fourth-order valence-electron chi connectivity index (χ4n) is 7.09. The lowest BCUT2D eigenvalue weighted by molar-refractivity contribution is 0.0955. The van der Waals surface area contributed by atoms with Crippen LogP contribution in [-0.4, -0.2) is 76.1 Å². The first-order chi connectivity index (χ1) is 21.1. The average Bonchev–Trinajstić information content (AvgIpc) is 3.65. The fourth-order valence-corrected chi connectivity index (χ4v) is 7.09. The number of carbonyl (C=O) groups is 2. The molecule has 1 aliphatic carbocycles. The molecule has 0 bridgehead atoms. The van der Waals surface area contributed by atoms with Gasteiger partial charge in [0.2, 0.25) is 0 Å². The van der Waals surface area contributed by atoms with Gasteiger partial charge in [-0.2, -0.15) is 5.26 Å². The number of tetrazole rings is 1. The Morgan fingerprint density at radius 3 is 2.18 bits per heavy atom. The predicted octanol–water partition coefficient (Wildman–Crippen LogP) is 2.86. The third kappa shape index (κ3) is 5.46. The molecule has 2 aromatic carbocycles. The zero-order valence-electron chi connectivity index (χ0n) is 26.1. The van der Waals surface area contributed by atoms with Crippen LogP contribution >= 0.6 is 0 Å². The van der Waals surface area contributed by atoms with Crippen LogP contribution in [0.15, 0.2) is 48.7 Å². The Kier molecular flexibility index (Phi) is 8.83. The van der Waals surface area contributed by atoms with Gasteiger partial charge in [-0.1, -0.05) is 25.6 Å². The quantitative estimate of drug-likeness (QED) is 0.295. The van der Waals surface area contributed by atoms with Crippen LogP contribution in [-0.2, 0) is 18.3 Å². The molecule has 11 nitrogen and oxygen atoms in total. The smallest absolute Gasteiger partial charge is 0.251 e. The van der Waals surface area contributed by atoms with E-state index in [1.54, 1.807) is 14.1 Å². The van der Waals surface area contributed by atoms with Gasteiger partial charge in [-0.05, 0) is 102 Å².